The number of carboxylic acids is 1. The van der Waals surface area contributed by atoms with Crippen molar-refractivity contribution >= 4 is 47.0 Å². The minimum Gasteiger partial charge on any atom is -0.481 e. The third-order valence-corrected chi connectivity index (χ3v) is 7.92. The van der Waals surface area contributed by atoms with Crippen LogP contribution in [0.4, 0.5) is 16.2 Å². The van der Waals surface area contributed by atoms with Gasteiger partial charge in [0.05, 0.1) is 22.2 Å². The number of rotatable bonds is 8. The number of aromatic nitrogens is 1. The smallest absolute Gasteiger partial charge is 0.412 e. The summed E-state index contributed by atoms with van der Waals surface area (Å²) in [6.45, 7) is 1.72. The van der Waals surface area contributed by atoms with Gasteiger partial charge < -0.3 is 20.1 Å². The van der Waals surface area contributed by atoms with E-state index in [0.29, 0.717) is 39.6 Å². The molecule has 0 radical (unpaired) electrons. The highest BCUT2D eigenvalue weighted by molar-refractivity contribution is 7.97. The number of hydrogen-bond donors (Lipinski definition) is 4. The maximum Gasteiger partial charge on any atom is 0.412 e. The summed E-state index contributed by atoms with van der Waals surface area (Å²) in [5, 5.41) is 22.6. The first kappa shape index (κ1) is 26.6. The van der Waals surface area contributed by atoms with E-state index < -0.39 is 23.6 Å². The molecule has 1 heterocycles. The van der Waals surface area contributed by atoms with E-state index in [4.69, 9.17) is 31.7 Å². The van der Waals surface area contributed by atoms with Crippen molar-refractivity contribution in [3.8, 4) is 22.5 Å². The highest BCUT2D eigenvalue weighted by Crippen LogP contribution is 2.49. The zero-order valence-corrected chi connectivity index (χ0v) is 22.4. The van der Waals surface area contributed by atoms with Gasteiger partial charge in [-0.15, -0.1) is 0 Å². The van der Waals surface area contributed by atoms with E-state index in [9.17, 15) is 14.7 Å². The number of carboxylic acid groups (broad SMARTS) is 1. The first-order valence-electron chi connectivity index (χ1n) is 12.1. The van der Waals surface area contributed by atoms with E-state index >= 15 is 0 Å². The number of amides is 1. The standard InChI is InChI=1S/C28H25ClN4O5S/c1-15(18-4-2-3-5-21(18)29)37-27(36)33-22-14-32-38-24(22)20-11-10-19(25(39-31)23(20)30)16-6-8-17(9-7-16)28(12-13-28)26(34)35/h2-11,14-15H,12-13,30-31H2,1H3,(H,33,36)(H,34,35). The predicted octanol–water partition coefficient (Wildman–Crippen LogP) is 6.64. The quantitative estimate of drug-likeness (QED) is 0.136. The normalized spacial score (nSPS) is 14.4. The minimum atomic E-state index is -0.805. The van der Waals surface area contributed by atoms with Crippen LogP contribution >= 0.6 is 23.5 Å². The number of nitrogens with two attached hydrogens (primary N) is 2. The first-order chi connectivity index (χ1) is 18.7. The molecule has 0 spiro atoms. The highest BCUT2D eigenvalue weighted by atomic mass is 35.5. The molecule has 0 aliphatic heterocycles. The molecule has 6 N–H and O–H groups in total. The number of benzene rings is 3. The third kappa shape index (κ3) is 5.06. The Kier molecular flexibility index (Phi) is 7.26. The second-order valence-corrected chi connectivity index (χ2v) is 10.3. The van der Waals surface area contributed by atoms with Crippen LogP contribution in [0.25, 0.3) is 22.5 Å². The van der Waals surface area contributed by atoms with E-state index in [2.05, 4.69) is 10.5 Å². The fourth-order valence-corrected chi connectivity index (χ4v) is 5.40. The molecule has 1 aliphatic rings. The number of carbonyl (C=O) groups excluding carboxylic acids is 1. The van der Waals surface area contributed by atoms with Gasteiger partial charge in [-0.1, -0.05) is 65.3 Å². The van der Waals surface area contributed by atoms with Gasteiger partial charge in [0, 0.05) is 16.1 Å². The average molecular weight is 565 g/mol. The molecule has 11 heteroatoms. The Bertz CT molecular complexity index is 1550. The van der Waals surface area contributed by atoms with Gasteiger partial charge >= 0.3 is 12.1 Å². The zero-order chi connectivity index (χ0) is 27.7. The van der Waals surface area contributed by atoms with Gasteiger partial charge in [0.2, 0.25) is 0 Å². The summed E-state index contributed by atoms with van der Waals surface area (Å²) in [4.78, 5) is 24.9. The van der Waals surface area contributed by atoms with Gasteiger partial charge in [-0.05, 0) is 60.5 Å². The summed E-state index contributed by atoms with van der Waals surface area (Å²) in [7, 11) is 0. The van der Waals surface area contributed by atoms with Gasteiger partial charge in [0.25, 0.3) is 0 Å². The lowest BCUT2D eigenvalue weighted by atomic mass is 9.93. The number of ether oxygens (including phenoxy) is 1. The van der Waals surface area contributed by atoms with Crippen molar-refractivity contribution in [3.05, 3.63) is 83.0 Å². The molecule has 1 aliphatic carbocycles. The van der Waals surface area contributed by atoms with Crippen molar-refractivity contribution in [2.24, 2.45) is 5.14 Å². The molecular formula is C28H25ClN4O5S. The Hall–Kier alpha value is -3.99. The summed E-state index contributed by atoms with van der Waals surface area (Å²) in [5.74, 6) is -0.565. The van der Waals surface area contributed by atoms with Crippen LogP contribution in [0.3, 0.4) is 0 Å². The van der Waals surface area contributed by atoms with Crippen molar-refractivity contribution < 1.29 is 24.0 Å². The van der Waals surface area contributed by atoms with Crippen molar-refractivity contribution in [2.75, 3.05) is 11.1 Å². The average Bonchev–Trinajstić information content (AvgIpc) is 3.63. The molecule has 1 saturated carbocycles. The van der Waals surface area contributed by atoms with E-state index in [0.717, 1.165) is 28.6 Å². The molecule has 1 unspecified atom stereocenters. The Labute approximate surface area is 233 Å². The largest absolute Gasteiger partial charge is 0.481 e. The lowest BCUT2D eigenvalue weighted by molar-refractivity contribution is -0.140. The van der Waals surface area contributed by atoms with Crippen LogP contribution in [-0.4, -0.2) is 22.3 Å². The summed E-state index contributed by atoms with van der Waals surface area (Å²) in [5.41, 5.74) is 9.89. The number of nitrogens with zero attached hydrogens (tertiary/aromatic N) is 1. The predicted molar refractivity (Wildman–Crippen MR) is 150 cm³/mol. The summed E-state index contributed by atoms with van der Waals surface area (Å²) < 4.78 is 10.9. The zero-order valence-electron chi connectivity index (χ0n) is 20.8. The van der Waals surface area contributed by atoms with E-state index in [-0.39, 0.29) is 11.4 Å². The Morgan fingerprint density at radius 3 is 2.46 bits per heavy atom. The maximum atomic E-state index is 12.6. The molecule has 0 saturated heterocycles. The second kappa shape index (κ2) is 10.6. The molecule has 3 aromatic carbocycles. The number of aliphatic carboxylic acids is 1. The van der Waals surface area contributed by atoms with E-state index in [1.54, 1.807) is 31.2 Å². The number of nitrogens with one attached hydrogen (secondary N) is 1. The molecule has 200 valence electrons. The van der Waals surface area contributed by atoms with E-state index in [1.807, 2.05) is 36.4 Å². The Morgan fingerprint density at radius 2 is 1.82 bits per heavy atom. The number of hydrogen-bond acceptors (Lipinski definition) is 8. The lowest BCUT2D eigenvalue weighted by Crippen LogP contribution is -2.19. The van der Waals surface area contributed by atoms with Crippen LogP contribution in [0.15, 0.2) is 76.3 Å². The molecule has 9 nitrogen and oxygen atoms in total. The molecule has 5 rings (SSSR count). The molecular weight excluding hydrogens is 540 g/mol. The third-order valence-electron chi connectivity index (χ3n) is 6.90. The molecule has 39 heavy (non-hydrogen) atoms. The molecule has 1 aromatic heterocycles. The summed E-state index contributed by atoms with van der Waals surface area (Å²) in [6, 6.07) is 18.1. The topological polar surface area (TPSA) is 154 Å². The summed E-state index contributed by atoms with van der Waals surface area (Å²) >= 11 is 7.19. The van der Waals surface area contributed by atoms with Gasteiger partial charge in [-0.2, -0.15) is 0 Å². The SMILES string of the molecule is CC(OC(=O)Nc1cnoc1-c1ccc(-c2ccc(C3(C(=O)O)CC3)cc2)c(SN)c1N)c1ccccc1Cl. The fraction of sp³-hybridized carbons (Fsp3) is 0.179. The number of halogens is 1. The van der Waals surface area contributed by atoms with Gasteiger partial charge in [0.1, 0.15) is 11.8 Å². The minimum absolute atomic E-state index is 0.240. The van der Waals surface area contributed by atoms with Crippen LogP contribution in [-0.2, 0) is 14.9 Å². The first-order valence-corrected chi connectivity index (χ1v) is 13.3. The Balaban J connectivity index is 1.38. The van der Waals surface area contributed by atoms with Crippen LogP contribution in [0.2, 0.25) is 5.02 Å². The van der Waals surface area contributed by atoms with Crippen LogP contribution < -0.4 is 16.2 Å². The van der Waals surface area contributed by atoms with Crippen molar-refractivity contribution in [1.82, 2.24) is 5.16 Å². The molecule has 1 amide bonds. The van der Waals surface area contributed by atoms with Gasteiger partial charge in [0.15, 0.2) is 5.76 Å². The number of nitrogen functional groups attached to an aromatic ring is 1. The molecule has 1 fully saturated rings. The van der Waals surface area contributed by atoms with Gasteiger partial charge in [-0.25, -0.2) is 4.79 Å². The highest BCUT2D eigenvalue weighted by Gasteiger charge is 2.51. The number of anilines is 2. The van der Waals surface area contributed by atoms with Crippen LogP contribution in [0.1, 0.15) is 37.0 Å². The van der Waals surface area contributed by atoms with Gasteiger partial charge in [-0.3, -0.25) is 15.3 Å². The number of carbonyl (C=O) groups is 2. The van der Waals surface area contributed by atoms with Crippen molar-refractivity contribution in [2.45, 2.75) is 36.2 Å². The van der Waals surface area contributed by atoms with Crippen LogP contribution in [0.5, 0.6) is 0 Å². The van der Waals surface area contributed by atoms with Crippen molar-refractivity contribution in [3.63, 3.8) is 0 Å². The fourth-order valence-electron chi connectivity index (χ4n) is 4.56. The second-order valence-electron chi connectivity index (χ2n) is 9.25. The van der Waals surface area contributed by atoms with E-state index in [1.165, 1.54) is 6.20 Å². The molecule has 0 bridgehead atoms. The molecule has 4 aromatic rings. The maximum absolute atomic E-state index is 12.6. The molecule has 1 atom stereocenters. The van der Waals surface area contributed by atoms with Crippen molar-refractivity contribution in [1.29, 1.82) is 0 Å². The Morgan fingerprint density at radius 1 is 1.13 bits per heavy atom. The van der Waals surface area contributed by atoms with Crippen LogP contribution in [0, 0.1) is 0 Å². The summed E-state index contributed by atoms with van der Waals surface area (Å²) in [6.07, 6.45) is 1.31. The monoisotopic (exact) mass is 564 g/mol. The lowest BCUT2D eigenvalue weighted by Gasteiger charge is -2.16.